The Balaban J connectivity index is 1.52. The van der Waals surface area contributed by atoms with Crippen molar-refractivity contribution in [2.75, 3.05) is 19.8 Å². The van der Waals surface area contributed by atoms with Gasteiger partial charge >= 0.3 is 0 Å². The maximum absolute atomic E-state index is 13.8. The molecule has 1 fully saturated rings. The first-order chi connectivity index (χ1) is 11.3. The maximum atomic E-state index is 13.8. The Morgan fingerprint density at radius 3 is 3.13 bits per heavy atom. The number of nitrogens with one attached hydrogen (secondary N) is 2. The third-order valence-electron chi connectivity index (χ3n) is 4.09. The van der Waals surface area contributed by atoms with Gasteiger partial charge in [0, 0.05) is 37.4 Å². The van der Waals surface area contributed by atoms with Crippen LogP contribution in [0.5, 0.6) is 5.75 Å². The van der Waals surface area contributed by atoms with E-state index in [9.17, 15) is 4.39 Å². The van der Waals surface area contributed by atoms with E-state index in [0.29, 0.717) is 24.8 Å². The Labute approximate surface area is 135 Å². The zero-order chi connectivity index (χ0) is 16.1. The third-order valence-corrected chi connectivity index (χ3v) is 4.09. The van der Waals surface area contributed by atoms with Gasteiger partial charge in [-0.3, -0.25) is 5.10 Å². The molecule has 2 heterocycles. The van der Waals surface area contributed by atoms with E-state index in [0.717, 1.165) is 30.7 Å². The summed E-state index contributed by atoms with van der Waals surface area (Å²) in [6.07, 6.45) is 4.79. The molecule has 1 aliphatic heterocycles. The molecule has 1 aliphatic rings. The van der Waals surface area contributed by atoms with Gasteiger partial charge in [0.2, 0.25) is 0 Å². The molecule has 0 radical (unpaired) electrons. The van der Waals surface area contributed by atoms with Gasteiger partial charge < -0.3 is 14.8 Å². The molecule has 0 aliphatic carbocycles. The standard InChI is InChI=1S/C17H22FN3O2/c1-2-22-16-4-3-12(7-15(16)18)8-19-9-13-5-6-23-17(13)14-10-20-21-11-14/h3-4,7,10-11,13,17,19H,2,5-6,8-9H2,1H3,(H,20,21)/t13-,17+/m1/s1. The molecule has 2 N–H and O–H groups in total. The van der Waals surface area contributed by atoms with Gasteiger partial charge in [-0.05, 0) is 31.0 Å². The summed E-state index contributed by atoms with van der Waals surface area (Å²) in [6, 6.07) is 5.10. The number of aromatic nitrogens is 2. The van der Waals surface area contributed by atoms with E-state index < -0.39 is 0 Å². The number of ether oxygens (including phenoxy) is 2. The summed E-state index contributed by atoms with van der Waals surface area (Å²) in [5.74, 6) is 0.396. The lowest BCUT2D eigenvalue weighted by molar-refractivity contribution is 0.0905. The van der Waals surface area contributed by atoms with Gasteiger partial charge in [0.05, 0.1) is 18.9 Å². The number of H-pyrrole nitrogens is 1. The van der Waals surface area contributed by atoms with Crippen molar-refractivity contribution in [3.63, 3.8) is 0 Å². The Bertz CT molecular complexity index is 618. The number of benzene rings is 1. The number of nitrogens with zero attached hydrogens (tertiary/aromatic N) is 1. The first-order valence-corrected chi connectivity index (χ1v) is 8.00. The average Bonchev–Trinajstić information content (AvgIpc) is 3.20. The van der Waals surface area contributed by atoms with Crippen molar-refractivity contribution < 1.29 is 13.9 Å². The second-order valence-electron chi connectivity index (χ2n) is 5.70. The molecule has 0 spiro atoms. The predicted molar refractivity (Wildman–Crippen MR) is 84.7 cm³/mol. The minimum absolute atomic E-state index is 0.0818. The van der Waals surface area contributed by atoms with Crippen LogP contribution in [0.2, 0.25) is 0 Å². The van der Waals surface area contributed by atoms with Gasteiger partial charge in [-0.25, -0.2) is 4.39 Å². The molecule has 0 amide bonds. The highest BCUT2D eigenvalue weighted by Gasteiger charge is 2.29. The van der Waals surface area contributed by atoms with Crippen LogP contribution in [-0.4, -0.2) is 30.0 Å². The molecule has 23 heavy (non-hydrogen) atoms. The number of hydrogen-bond acceptors (Lipinski definition) is 4. The van der Waals surface area contributed by atoms with Crippen LogP contribution in [-0.2, 0) is 11.3 Å². The van der Waals surface area contributed by atoms with Gasteiger partial charge in [-0.15, -0.1) is 0 Å². The van der Waals surface area contributed by atoms with Gasteiger partial charge in [0.25, 0.3) is 0 Å². The molecule has 1 saturated heterocycles. The Morgan fingerprint density at radius 1 is 1.48 bits per heavy atom. The fourth-order valence-corrected chi connectivity index (χ4v) is 2.96. The molecule has 1 aromatic carbocycles. The monoisotopic (exact) mass is 319 g/mol. The number of rotatable bonds is 7. The zero-order valence-corrected chi connectivity index (χ0v) is 13.2. The molecular weight excluding hydrogens is 297 g/mol. The zero-order valence-electron chi connectivity index (χ0n) is 13.2. The first kappa shape index (κ1) is 16.0. The maximum Gasteiger partial charge on any atom is 0.165 e. The SMILES string of the molecule is CCOc1ccc(CNC[C@H]2CCO[C@@H]2c2cn[nH]c2)cc1F. The van der Waals surface area contributed by atoms with Crippen molar-refractivity contribution in [3.05, 3.63) is 47.5 Å². The summed E-state index contributed by atoms with van der Waals surface area (Å²) in [6.45, 7) is 4.52. The van der Waals surface area contributed by atoms with Crippen LogP contribution in [0.3, 0.4) is 0 Å². The minimum atomic E-state index is -0.313. The Morgan fingerprint density at radius 2 is 2.39 bits per heavy atom. The normalized spacial score (nSPS) is 20.8. The highest BCUT2D eigenvalue weighted by molar-refractivity contribution is 5.29. The van der Waals surface area contributed by atoms with E-state index in [1.54, 1.807) is 6.07 Å². The summed E-state index contributed by atoms with van der Waals surface area (Å²) >= 11 is 0. The van der Waals surface area contributed by atoms with Crippen molar-refractivity contribution in [2.45, 2.75) is 26.0 Å². The molecule has 3 rings (SSSR count). The largest absolute Gasteiger partial charge is 0.491 e. The van der Waals surface area contributed by atoms with E-state index >= 15 is 0 Å². The van der Waals surface area contributed by atoms with Crippen molar-refractivity contribution in [1.29, 1.82) is 0 Å². The topological polar surface area (TPSA) is 59.2 Å². The summed E-state index contributed by atoms with van der Waals surface area (Å²) in [7, 11) is 0. The van der Waals surface area contributed by atoms with Crippen LogP contribution in [0, 0.1) is 11.7 Å². The molecular formula is C17H22FN3O2. The Kier molecular flexibility index (Phi) is 5.25. The van der Waals surface area contributed by atoms with Crippen molar-refractivity contribution >= 4 is 0 Å². The molecule has 2 aromatic rings. The fourth-order valence-electron chi connectivity index (χ4n) is 2.96. The lowest BCUT2D eigenvalue weighted by Crippen LogP contribution is -2.24. The molecule has 124 valence electrons. The second kappa shape index (κ2) is 7.57. The summed E-state index contributed by atoms with van der Waals surface area (Å²) in [5, 5.41) is 10.2. The third kappa shape index (κ3) is 3.89. The molecule has 6 heteroatoms. The Hall–Kier alpha value is -1.92. The van der Waals surface area contributed by atoms with Crippen molar-refractivity contribution in [2.24, 2.45) is 5.92 Å². The molecule has 2 atom stereocenters. The van der Waals surface area contributed by atoms with E-state index in [4.69, 9.17) is 9.47 Å². The predicted octanol–water partition coefficient (Wildman–Crippen LogP) is 2.81. The van der Waals surface area contributed by atoms with Crippen LogP contribution in [0.25, 0.3) is 0 Å². The van der Waals surface area contributed by atoms with E-state index in [2.05, 4.69) is 15.5 Å². The summed E-state index contributed by atoms with van der Waals surface area (Å²) < 4.78 is 24.8. The van der Waals surface area contributed by atoms with Crippen LogP contribution in [0.1, 0.15) is 30.6 Å². The first-order valence-electron chi connectivity index (χ1n) is 8.00. The average molecular weight is 319 g/mol. The van der Waals surface area contributed by atoms with Gasteiger partial charge in [0.15, 0.2) is 11.6 Å². The van der Waals surface area contributed by atoms with E-state index in [1.165, 1.54) is 6.07 Å². The summed E-state index contributed by atoms with van der Waals surface area (Å²) in [4.78, 5) is 0. The lowest BCUT2D eigenvalue weighted by atomic mass is 9.97. The minimum Gasteiger partial charge on any atom is -0.491 e. The van der Waals surface area contributed by atoms with Crippen molar-refractivity contribution in [3.8, 4) is 5.75 Å². The lowest BCUT2D eigenvalue weighted by Gasteiger charge is -2.18. The van der Waals surface area contributed by atoms with Gasteiger partial charge in [-0.2, -0.15) is 5.10 Å². The fraction of sp³-hybridized carbons (Fsp3) is 0.471. The van der Waals surface area contributed by atoms with Crippen LogP contribution in [0.4, 0.5) is 4.39 Å². The number of aromatic amines is 1. The second-order valence-corrected chi connectivity index (χ2v) is 5.70. The molecule has 0 saturated carbocycles. The van der Waals surface area contributed by atoms with Crippen LogP contribution in [0.15, 0.2) is 30.6 Å². The van der Waals surface area contributed by atoms with Gasteiger partial charge in [-0.1, -0.05) is 6.07 Å². The number of halogens is 1. The molecule has 5 nitrogen and oxygen atoms in total. The quantitative estimate of drug-likeness (QED) is 0.824. The summed E-state index contributed by atoms with van der Waals surface area (Å²) in [5.41, 5.74) is 1.99. The van der Waals surface area contributed by atoms with E-state index in [1.807, 2.05) is 25.4 Å². The number of hydrogen-bond donors (Lipinski definition) is 2. The van der Waals surface area contributed by atoms with Crippen molar-refractivity contribution in [1.82, 2.24) is 15.5 Å². The highest BCUT2D eigenvalue weighted by atomic mass is 19.1. The highest BCUT2D eigenvalue weighted by Crippen LogP contribution is 2.33. The van der Waals surface area contributed by atoms with Crippen LogP contribution >= 0.6 is 0 Å². The van der Waals surface area contributed by atoms with Crippen LogP contribution < -0.4 is 10.1 Å². The smallest absolute Gasteiger partial charge is 0.165 e. The van der Waals surface area contributed by atoms with E-state index in [-0.39, 0.29) is 11.9 Å². The molecule has 0 bridgehead atoms. The van der Waals surface area contributed by atoms with Gasteiger partial charge in [0.1, 0.15) is 0 Å². The molecule has 1 aromatic heterocycles. The molecule has 0 unspecified atom stereocenters.